The molecule has 222 valence electrons. The molecular formula is C27H26ClF3N6O5. The maximum absolute atomic E-state index is 13.0. The molecule has 1 fully saturated rings. The van der Waals surface area contributed by atoms with Gasteiger partial charge in [0.2, 0.25) is 11.9 Å². The van der Waals surface area contributed by atoms with E-state index in [2.05, 4.69) is 38.1 Å². The number of carbonyl (C=O) groups is 3. The van der Waals surface area contributed by atoms with Crippen LogP contribution < -0.4 is 16.0 Å². The molecule has 2 amide bonds. The van der Waals surface area contributed by atoms with Crippen molar-refractivity contribution in [2.24, 2.45) is 5.92 Å². The number of amides is 2. The van der Waals surface area contributed by atoms with Crippen LogP contribution in [0.5, 0.6) is 0 Å². The first-order valence-corrected chi connectivity index (χ1v) is 13.1. The Hall–Kier alpha value is -4.59. The second kappa shape index (κ2) is 12.9. The van der Waals surface area contributed by atoms with Crippen molar-refractivity contribution in [2.75, 3.05) is 29.0 Å². The molecule has 15 heteroatoms. The van der Waals surface area contributed by atoms with Crippen molar-refractivity contribution in [1.29, 1.82) is 0 Å². The smallest absolute Gasteiger partial charge is 0.475 e. The molecule has 0 radical (unpaired) electrons. The summed E-state index contributed by atoms with van der Waals surface area (Å²) in [5.41, 5.74) is 4.54. The first-order valence-electron chi connectivity index (χ1n) is 12.8. The molecule has 2 aliphatic heterocycles. The highest BCUT2D eigenvalue weighted by Gasteiger charge is 2.38. The number of nitrogens with zero attached hydrogens (tertiary/aromatic N) is 3. The zero-order valence-electron chi connectivity index (χ0n) is 21.9. The van der Waals surface area contributed by atoms with Gasteiger partial charge in [-0.2, -0.15) is 18.2 Å². The standard InChI is InChI=1S/C25H25ClN6O3.C2HF3O2/c26-20-14-27-24-29-18-3-1-2-15(12-18)4-5-17-13-19(28-22(20)31-24)6-7-21(17)30-23(33)16-8-10-32(11-9-16)25(34)35;3-2(4,5)1(6)7/h1-3,6-7,12-14,16H,4-5,8-11H2,(H,30,33)(H,34,35)(H2,27,28,29,31);(H,6,7). The van der Waals surface area contributed by atoms with Crippen LogP contribution in [0.1, 0.15) is 24.0 Å². The molecule has 0 atom stereocenters. The number of aromatic nitrogens is 2. The van der Waals surface area contributed by atoms with Crippen LogP contribution in [-0.4, -0.2) is 62.3 Å². The number of carboxylic acid groups (broad SMARTS) is 2. The number of rotatable bonds is 2. The monoisotopic (exact) mass is 606 g/mol. The molecule has 3 aromatic rings. The lowest BCUT2D eigenvalue weighted by Crippen LogP contribution is -2.40. The highest BCUT2D eigenvalue weighted by Crippen LogP contribution is 2.30. The zero-order chi connectivity index (χ0) is 30.4. The third-order valence-corrected chi connectivity index (χ3v) is 6.89. The van der Waals surface area contributed by atoms with Crippen LogP contribution in [0, 0.1) is 5.92 Å². The van der Waals surface area contributed by atoms with Gasteiger partial charge in [-0.05, 0) is 67.1 Å². The molecule has 0 unspecified atom stereocenters. The molecule has 11 nitrogen and oxygen atoms in total. The topological polar surface area (TPSA) is 157 Å². The van der Waals surface area contributed by atoms with Crippen molar-refractivity contribution in [2.45, 2.75) is 31.9 Å². The molecule has 42 heavy (non-hydrogen) atoms. The van der Waals surface area contributed by atoms with E-state index < -0.39 is 18.2 Å². The van der Waals surface area contributed by atoms with E-state index in [9.17, 15) is 22.8 Å². The van der Waals surface area contributed by atoms with Crippen LogP contribution in [0.3, 0.4) is 0 Å². The predicted molar refractivity (Wildman–Crippen MR) is 149 cm³/mol. The maximum Gasteiger partial charge on any atom is 0.490 e. The highest BCUT2D eigenvalue weighted by molar-refractivity contribution is 6.32. The number of halogens is 4. The van der Waals surface area contributed by atoms with E-state index in [0.29, 0.717) is 49.1 Å². The molecule has 6 bridgehead atoms. The number of alkyl halides is 3. The van der Waals surface area contributed by atoms with E-state index in [1.165, 1.54) is 4.90 Å². The number of nitrogens with one attached hydrogen (secondary N) is 3. The third-order valence-electron chi connectivity index (χ3n) is 6.61. The van der Waals surface area contributed by atoms with E-state index in [-0.39, 0.29) is 11.8 Å². The van der Waals surface area contributed by atoms with Crippen molar-refractivity contribution < 1.29 is 37.8 Å². The molecule has 2 aromatic carbocycles. The zero-order valence-corrected chi connectivity index (χ0v) is 22.7. The van der Waals surface area contributed by atoms with Gasteiger partial charge in [-0.3, -0.25) is 4.79 Å². The summed E-state index contributed by atoms with van der Waals surface area (Å²) in [6.45, 7) is 0.740. The van der Waals surface area contributed by atoms with Crippen molar-refractivity contribution in [1.82, 2.24) is 14.9 Å². The number of anilines is 5. The number of likely N-dealkylation sites (tertiary alicyclic amines) is 1. The van der Waals surface area contributed by atoms with Gasteiger partial charge in [0, 0.05) is 36.1 Å². The summed E-state index contributed by atoms with van der Waals surface area (Å²) in [4.78, 5) is 43.2. The minimum atomic E-state index is -5.08. The second-order valence-electron chi connectivity index (χ2n) is 9.55. The Labute approximate surface area is 242 Å². The van der Waals surface area contributed by atoms with Crippen LogP contribution >= 0.6 is 11.6 Å². The summed E-state index contributed by atoms with van der Waals surface area (Å²) in [5.74, 6) is -2.14. The second-order valence-corrected chi connectivity index (χ2v) is 9.96. The van der Waals surface area contributed by atoms with E-state index in [1.807, 2.05) is 30.3 Å². The lowest BCUT2D eigenvalue weighted by atomic mass is 9.95. The van der Waals surface area contributed by atoms with Crippen LogP contribution in [-0.2, 0) is 22.4 Å². The molecule has 0 spiro atoms. The third kappa shape index (κ3) is 8.00. The Kier molecular flexibility index (Phi) is 9.35. The fourth-order valence-corrected chi connectivity index (χ4v) is 4.57. The van der Waals surface area contributed by atoms with Crippen LogP contribution in [0.2, 0.25) is 5.02 Å². The summed E-state index contributed by atoms with van der Waals surface area (Å²) >= 11 is 6.34. The fourth-order valence-electron chi connectivity index (χ4n) is 4.43. The van der Waals surface area contributed by atoms with Gasteiger partial charge < -0.3 is 31.1 Å². The number of piperidine rings is 1. The molecule has 5 rings (SSSR count). The van der Waals surface area contributed by atoms with Gasteiger partial charge in [-0.1, -0.05) is 23.7 Å². The predicted octanol–water partition coefficient (Wildman–Crippen LogP) is 5.68. The normalized spacial score (nSPS) is 14.8. The number of carboxylic acids is 1. The summed E-state index contributed by atoms with van der Waals surface area (Å²) in [6.07, 6.45) is -1.95. The highest BCUT2D eigenvalue weighted by atomic mass is 35.5. The first-order chi connectivity index (χ1) is 19.9. The van der Waals surface area contributed by atoms with Crippen LogP contribution in [0.15, 0.2) is 48.7 Å². The largest absolute Gasteiger partial charge is 0.490 e. The Morgan fingerprint density at radius 3 is 2.36 bits per heavy atom. The number of carbonyl (C=O) groups excluding carboxylic acids is 1. The van der Waals surface area contributed by atoms with Gasteiger partial charge in [0.25, 0.3) is 0 Å². The number of fused-ring (bicyclic) bond motifs is 6. The number of hydrogen-bond acceptors (Lipinski definition) is 7. The van der Waals surface area contributed by atoms with E-state index in [1.54, 1.807) is 6.20 Å². The molecule has 1 aromatic heterocycles. The van der Waals surface area contributed by atoms with Crippen molar-refractivity contribution in [3.05, 3.63) is 64.8 Å². The SMILES string of the molecule is O=C(Nc1ccc2cc1CCc1cccc(c1)Nc1ncc(Cl)c(n1)N2)C1CCN(C(=O)O)CC1.O=C(O)C(F)(F)F. The van der Waals surface area contributed by atoms with Crippen LogP contribution in [0.25, 0.3) is 0 Å². The quantitative estimate of drug-likeness (QED) is 0.248. The van der Waals surface area contributed by atoms with Gasteiger partial charge in [0.05, 0.1) is 6.20 Å². The molecule has 1 saturated heterocycles. The average molecular weight is 607 g/mol. The van der Waals surface area contributed by atoms with Gasteiger partial charge in [-0.25, -0.2) is 14.6 Å². The van der Waals surface area contributed by atoms with Crippen molar-refractivity contribution >= 4 is 58.4 Å². The number of hydrogen-bond donors (Lipinski definition) is 5. The summed E-state index contributed by atoms with van der Waals surface area (Å²) in [7, 11) is 0. The lowest BCUT2D eigenvalue weighted by molar-refractivity contribution is -0.192. The molecule has 5 N–H and O–H groups in total. The van der Waals surface area contributed by atoms with Crippen molar-refractivity contribution in [3.8, 4) is 0 Å². The van der Waals surface area contributed by atoms with E-state index in [4.69, 9.17) is 26.6 Å². The Morgan fingerprint density at radius 1 is 1.00 bits per heavy atom. The molecule has 0 aliphatic carbocycles. The molecular weight excluding hydrogens is 581 g/mol. The lowest BCUT2D eigenvalue weighted by Gasteiger charge is -2.29. The van der Waals surface area contributed by atoms with Gasteiger partial charge in [0.1, 0.15) is 5.02 Å². The van der Waals surface area contributed by atoms with Crippen molar-refractivity contribution in [3.63, 3.8) is 0 Å². The minimum absolute atomic E-state index is 0.0791. The fraction of sp³-hybridized carbons (Fsp3) is 0.296. The summed E-state index contributed by atoms with van der Waals surface area (Å²) < 4.78 is 31.7. The van der Waals surface area contributed by atoms with Crippen LogP contribution in [0.4, 0.5) is 46.8 Å². The van der Waals surface area contributed by atoms with E-state index >= 15 is 0 Å². The molecule has 0 saturated carbocycles. The summed E-state index contributed by atoms with van der Waals surface area (Å²) in [6, 6.07) is 13.8. The molecule has 2 aliphatic rings. The minimum Gasteiger partial charge on any atom is -0.475 e. The Bertz CT molecular complexity index is 1480. The maximum atomic E-state index is 13.0. The molecule has 3 heterocycles. The number of aryl methyl sites for hydroxylation is 2. The Balaban J connectivity index is 0.000000517. The summed E-state index contributed by atoms with van der Waals surface area (Å²) in [5, 5.41) is 26.2. The van der Waals surface area contributed by atoms with Gasteiger partial charge in [0.15, 0.2) is 5.82 Å². The number of aliphatic carboxylic acids is 1. The van der Waals surface area contributed by atoms with Gasteiger partial charge in [-0.15, -0.1) is 0 Å². The van der Waals surface area contributed by atoms with E-state index in [0.717, 1.165) is 34.6 Å². The average Bonchev–Trinajstić information content (AvgIpc) is 2.95. The number of benzene rings is 2. The van der Waals surface area contributed by atoms with Gasteiger partial charge >= 0.3 is 18.2 Å². The first kappa shape index (κ1) is 30.4. The Morgan fingerprint density at radius 2 is 1.69 bits per heavy atom.